The van der Waals surface area contributed by atoms with Crippen molar-refractivity contribution in [1.82, 2.24) is 0 Å². The van der Waals surface area contributed by atoms with Gasteiger partial charge < -0.3 is 0 Å². The van der Waals surface area contributed by atoms with Gasteiger partial charge in [-0.25, -0.2) is 16.8 Å². The molecule has 164 valence electrons. The molecule has 30 heavy (non-hydrogen) atoms. The first-order valence-corrected chi connectivity index (χ1v) is 12.3. The molecular formula is C18H18ClF3N2O4S2. The molecule has 0 bridgehead atoms. The van der Waals surface area contributed by atoms with Crippen LogP contribution in [0.1, 0.15) is 24.0 Å². The highest BCUT2D eigenvalue weighted by atomic mass is 35.5. The topological polar surface area (TPSA) is 83.6 Å². The van der Waals surface area contributed by atoms with E-state index >= 15 is 0 Å². The van der Waals surface area contributed by atoms with Gasteiger partial charge >= 0.3 is 6.18 Å². The molecule has 0 radical (unpaired) electrons. The number of nitrogens with zero attached hydrogens (tertiary/aromatic N) is 1. The Morgan fingerprint density at radius 1 is 1.10 bits per heavy atom. The lowest BCUT2D eigenvalue weighted by molar-refractivity contribution is -0.137. The highest BCUT2D eigenvalue weighted by Gasteiger charge is 2.34. The Hall–Kier alpha value is -1.98. The third-order valence-corrected chi connectivity index (χ3v) is 8.35. The quantitative estimate of drug-likeness (QED) is 0.700. The van der Waals surface area contributed by atoms with Gasteiger partial charge in [-0.05, 0) is 61.7 Å². The SMILES string of the molecule is Cc1cc(N2CCCCS2(=O)=O)ccc1S(=O)(=O)Nc1ccc(Cl)c(C(F)(F)F)c1. The lowest BCUT2D eigenvalue weighted by Gasteiger charge is -2.28. The van der Waals surface area contributed by atoms with Crippen LogP contribution < -0.4 is 9.03 Å². The highest BCUT2D eigenvalue weighted by Crippen LogP contribution is 2.37. The Kier molecular flexibility index (Phi) is 6.00. The second-order valence-electron chi connectivity index (χ2n) is 6.84. The summed E-state index contributed by atoms with van der Waals surface area (Å²) in [6.07, 6.45) is -3.48. The number of alkyl halides is 3. The molecule has 1 heterocycles. The van der Waals surface area contributed by atoms with Crippen molar-refractivity contribution >= 4 is 43.0 Å². The first-order valence-electron chi connectivity index (χ1n) is 8.82. The van der Waals surface area contributed by atoms with Gasteiger partial charge in [0.25, 0.3) is 10.0 Å². The van der Waals surface area contributed by atoms with Crippen molar-refractivity contribution in [2.75, 3.05) is 21.3 Å². The van der Waals surface area contributed by atoms with Crippen molar-refractivity contribution in [2.24, 2.45) is 0 Å². The molecule has 2 aromatic rings. The van der Waals surface area contributed by atoms with Gasteiger partial charge in [0.15, 0.2) is 0 Å². The molecule has 0 aliphatic carbocycles. The summed E-state index contributed by atoms with van der Waals surface area (Å²) < 4.78 is 92.4. The molecule has 12 heteroatoms. The van der Waals surface area contributed by atoms with Crippen LogP contribution in [0.15, 0.2) is 41.3 Å². The molecule has 0 amide bonds. The molecule has 0 unspecified atom stereocenters. The van der Waals surface area contributed by atoms with E-state index in [9.17, 15) is 30.0 Å². The van der Waals surface area contributed by atoms with Crippen LogP contribution in [-0.2, 0) is 26.2 Å². The fourth-order valence-electron chi connectivity index (χ4n) is 3.19. The molecule has 3 rings (SSSR count). The molecule has 1 aliphatic rings. The maximum atomic E-state index is 13.0. The molecule has 1 fully saturated rings. The van der Waals surface area contributed by atoms with Crippen LogP contribution in [0.5, 0.6) is 0 Å². The number of anilines is 2. The highest BCUT2D eigenvalue weighted by molar-refractivity contribution is 7.93. The molecule has 1 saturated heterocycles. The summed E-state index contributed by atoms with van der Waals surface area (Å²) in [5, 5.41) is -0.547. The molecule has 0 aromatic heterocycles. The Morgan fingerprint density at radius 2 is 1.80 bits per heavy atom. The predicted molar refractivity (Wildman–Crippen MR) is 109 cm³/mol. The van der Waals surface area contributed by atoms with Gasteiger partial charge in [0.2, 0.25) is 10.0 Å². The summed E-state index contributed by atoms with van der Waals surface area (Å²) >= 11 is 5.56. The Bertz CT molecular complexity index is 1180. The number of benzene rings is 2. The third kappa shape index (κ3) is 4.68. The average Bonchev–Trinajstić information content (AvgIpc) is 2.61. The number of hydrogen-bond donors (Lipinski definition) is 1. The summed E-state index contributed by atoms with van der Waals surface area (Å²) in [6.45, 7) is 1.79. The fourth-order valence-corrected chi connectivity index (χ4v) is 6.32. The second kappa shape index (κ2) is 7.93. The summed E-state index contributed by atoms with van der Waals surface area (Å²) in [7, 11) is -7.69. The number of aryl methyl sites for hydroxylation is 1. The van der Waals surface area contributed by atoms with E-state index in [-0.39, 0.29) is 21.9 Å². The number of halogens is 4. The van der Waals surface area contributed by atoms with Crippen molar-refractivity contribution in [3.63, 3.8) is 0 Å². The van der Waals surface area contributed by atoms with E-state index in [0.29, 0.717) is 31.1 Å². The van der Waals surface area contributed by atoms with Gasteiger partial charge in [0.1, 0.15) is 0 Å². The number of hydrogen-bond acceptors (Lipinski definition) is 4. The van der Waals surface area contributed by atoms with Crippen LogP contribution in [0.3, 0.4) is 0 Å². The molecule has 2 aromatic carbocycles. The summed E-state index contributed by atoms with van der Waals surface area (Å²) in [6, 6.07) is 6.73. The van der Waals surface area contributed by atoms with E-state index < -0.39 is 36.8 Å². The van der Waals surface area contributed by atoms with Gasteiger partial charge in [-0.2, -0.15) is 13.2 Å². The Labute approximate surface area is 177 Å². The van der Waals surface area contributed by atoms with Crippen LogP contribution in [0.4, 0.5) is 24.5 Å². The van der Waals surface area contributed by atoms with E-state index in [1.807, 2.05) is 0 Å². The molecule has 0 spiro atoms. The maximum Gasteiger partial charge on any atom is 0.417 e. The van der Waals surface area contributed by atoms with E-state index in [2.05, 4.69) is 4.72 Å². The molecule has 1 aliphatic heterocycles. The van der Waals surface area contributed by atoms with Gasteiger partial charge in [-0.15, -0.1) is 0 Å². The Balaban J connectivity index is 1.92. The van der Waals surface area contributed by atoms with E-state index in [1.54, 1.807) is 0 Å². The van der Waals surface area contributed by atoms with Crippen LogP contribution in [0.25, 0.3) is 0 Å². The lowest BCUT2D eigenvalue weighted by Crippen LogP contribution is -2.37. The van der Waals surface area contributed by atoms with E-state index in [0.717, 1.165) is 12.1 Å². The number of sulfonamides is 2. The zero-order chi connectivity index (χ0) is 22.3. The smallest absolute Gasteiger partial charge is 0.280 e. The second-order valence-corrected chi connectivity index (χ2v) is 10.9. The molecule has 1 N–H and O–H groups in total. The molecule has 6 nitrogen and oxygen atoms in total. The minimum atomic E-state index is -4.74. The summed E-state index contributed by atoms with van der Waals surface area (Å²) in [5.41, 5.74) is -0.858. The van der Waals surface area contributed by atoms with Gasteiger partial charge in [-0.3, -0.25) is 9.03 Å². The monoisotopic (exact) mass is 482 g/mol. The zero-order valence-corrected chi connectivity index (χ0v) is 18.1. The number of rotatable bonds is 4. The van der Waals surface area contributed by atoms with Gasteiger partial charge in [-0.1, -0.05) is 11.6 Å². The van der Waals surface area contributed by atoms with Crippen LogP contribution in [0, 0.1) is 6.92 Å². The lowest BCUT2D eigenvalue weighted by atomic mass is 10.2. The van der Waals surface area contributed by atoms with Gasteiger partial charge in [0, 0.05) is 12.2 Å². The van der Waals surface area contributed by atoms with E-state index in [4.69, 9.17) is 11.6 Å². The maximum absolute atomic E-state index is 13.0. The van der Waals surface area contributed by atoms with Gasteiger partial charge in [0.05, 0.1) is 26.9 Å². The first-order chi connectivity index (χ1) is 13.8. The minimum Gasteiger partial charge on any atom is -0.280 e. The van der Waals surface area contributed by atoms with Crippen LogP contribution in [0.2, 0.25) is 5.02 Å². The molecular weight excluding hydrogens is 465 g/mol. The standard InChI is InChI=1S/C18H18ClF3N2O4S2/c1-12-10-14(24-8-2-3-9-29(24,25)26)5-7-17(12)30(27,28)23-13-4-6-16(19)15(11-13)18(20,21)22/h4-7,10-11,23H,2-3,8-9H2,1H3. The number of nitrogens with one attached hydrogen (secondary N) is 1. The largest absolute Gasteiger partial charge is 0.417 e. The van der Waals surface area contributed by atoms with Crippen LogP contribution >= 0.6 is 11.6 Å². The minimum absolute atomic E-state index is 0.0196. The molecule has 0 saturated carbocycles. The fraction of sp³-hybridized carbons (Fsp3) is 0.333. The third-order valence-electron chi connectivity index (χ3n) is 4.61. The zero-order valence-electron chi connectivity index (χ0n) is 15.7. The van der Waals surface area contributed by atoms with E-state index in [1.165, 1.54) is 29.4 Å². The predicted octanol–water partition coefficient (Wildman–Crippen LogP) is 4.40. The van der Waals surface area contributed by atoms with Crippen molar-refractivity contribution in [3.05, 3.63) is 52.5 Å². The van der Waals surface area contributed by atoms with Crippen LogP contribution in [-0.4, -0.2) is 29.1 Å². The normalized spacial score (nSPS) is 17.0. The molecule has 0 atom stereocenters. The van der Waals surface area contributed by atoms with Crippen molar-refractivity contribution < 1.29 is 30.0 Å². The summed E-state index contributed by atoms with van der Waals surface area (Å²) in [5.74, 6) is 0.0196. The Morgan fingerprint density at radius 3 is 2.40 bits per heavy atom. The summed E-state index contributed by atoms with van der Waals surface area (Å²) in [4.78, 5) is -0.177. The first kappa shape index (κ1) is 22.7. The average molecular weight is 483 g/mol. The van der Waals surface area contributed by atoms with Crippen molar-refractivity contribution in [3.8, 4) is 0 Å². The van der Waals surface area contributed by atoms with Crippen molar-refractivity contribution in [2.45, 2.75) is 30.8 Å². The van der Waals surface area contributed by atoms with Crippen molar-refractivity contribution in [1.29, 1.82) is 0 Å².